The van der Waals surface area contributed by atoms with E-state index in [0.717, 1.165) is 22.9 Å². The van der Waals surface area contributed by atoms with Crippen LogP contribution in [0, 0.1) is 13.8 Å². The van der Waals surface area contributed by atoms with Gasteiger partial charge in [-0.3, -0.25) is 4.98 Å². The van der Waals surface area contributed by atoms with Crippen molar-refractivity contribution in [3.8, 4) is 5.88 Å². The standard InChI is InChI=1S/C17H22N6O2/c1-12-4-5-14(13(2)20-12)21-17(24)23-8-6-22(7-9-23)15-10-16(25-3)19-11-18-15/h4-5,10-11H,6-9H2,1-3H3,(H,21,24). The van der Waals surface area contributed by atoms with Crippen molar-refractivity contribution in [2.24, 2.45) is 0 Å². The van der Waals surface area contributed by atoms with Gasteiger partial charge in [-0.1, -0.05) is 0 Å². The number of hydrogen-bond donors (Lipinski definition) is 1. The lowest BCUT2D eigenvalue weighted by atomic mass is 10.2. The van der Waals surface area contributed by atoms with Gasteiger partial charge >= 0.3 is 6.03 Å². The highest BCUT2D eigenvalue weighted by Crippen LogP contribution is 2.18. The first-order chi connectivity index (χ1) is 12.1. The van der Waals surface area contributed by atoms with Crippen molar-refractivity contribution in [1.82, 2.24) is 19.9 Å². The lowest BCUT2D eigenvalue weighted by Gasteiger charge is -2.35. The third-order valence-electron chi connectivity index (χ3n) is 4.19. The molecule has 0 aliphatic carbocycles. The minimum absolute atomic E-state index is 0.103. The van der Waals surface area contributed by atoms with Crippen LogP contribution in [0.5, 0.6) is 5.88 Å². The van der Waals surface area contributed by atoms with Crippen LogP contribution in [0.1, 0.15) is 11.4 Å². The number of carbonyl (C=O) groups excluding carboxylic acids is 1. The largest absolute Gasteiger partial charge is 0.481 e. The van der Waals surface area contributed by atoms with Gasteiger partial charge in [0.1, 0.15) is 12.1 Å². The zero-order valence-electron chi connectivity index (χ0n) is 14.7. The molecule has 0 saturated carbocycles. The van der Waals surface area contributed by atoms with Crippen LogP contribution >= 0.6 is 0 Å². The Balaban J connectivity index is 1.58. The smallest absolute Gasteiger partial charge is 0.322 e. The van der Waals surface area contributed by atoms with Crippen LogP contribution in [-0.2, 0) is 0 Å². The molecule has 0 spiro atoms. The van der Waals surface area contributed by atoms with Gasteiger partial charge in [-0.15, -0.1) is 0 Å². The van der Waals surface area contributed by atoms with E-state index >= 15 is 0 Å². The maximum absolute atomic E-state index is 12.5. The Kier molecular flexibility index (Phi) is 4.97. The van der Waals surface area contributed by atoms with E-state index in [2.05, 4.69) is 25.2 Å². The van der Waals surface area contributed by atoms with E-state index in [-0.39, 0.29) is 6.03 Å². The molecule has 8 nitrogen and oxygen atoms in total. The van der Waals surface area contributed by atoms with Crippen LogP contribution in [0.3, 0.4) is 0 Å². The number of amides is 2. The number of urea groups is 1. The van der Waals surface area contributed by atoms with Crippen LogP contribution in [0.15, 0.2) is 24.5 Å². The molecule has 1 N–H and O–H groups in total. The van der Waals surface area contributed by atoms with Crippen LogP contribution in [0.4, 0.5) is 16.3 Å². The lowest BCUT2D eigenvalue weighted by Crippen LogP contribution is -2.50. The number of hydrogen-bond acceptors (Lipinski definition) is 6. The van der Waals surface area contributed by atoms with E-state index in [0.29, 0.717) is 32.1 Å². The monoisotopic (exact) mass is 342 g/mol. The third-order valence-corrected chi connectivity index (χ3v) is 4.19. The van der Waals surface area contributed by atoms with Crippen LogP contribution in [0.25, 0.3) is 0 Å². The van der Waals surface area contributed by atoms with Gasteiger partial charge in [0.2, 0.25) is 5.88 Å². The minimum atomic E-state index is -0.103. The fourth-order valence-corrected chi connectivity index (χ4v) is 2.77. The molecule has 2 amide bonds. The molecule has 0 aromatic carbocycles. The molecule has 2 aromatic heterocycles. The fourth-order valence-electron chi connectivity index (χ4n) is 2.77. The highest BCUT2D eigenvalue weighted by molar-refractivity contribution is 5.90. The Morgan fingerprint density at radius 3 is 2.60 bits per heavy atom. The minimum Gasteiger partial charge on any atom is -0.481 e. The van der Waals surface area contributed by atoms with E-state index in [1.54, 1.807) is 18.1 Å². The quantitative estimate of drug-likeness (QED) is 0.916. The molecule has 2 aromatic rings. The Hall–Kier alpha value is -2.90. The van der Waals surface area contributed by atoms with Crippen molar-refractivity contribution in [1.29, 1.82) is 0 Å². The van der Waals surface area contributed by atoms with Gasteiger partial charge in [-0.25, -0.2) is 14.8 Å². The number of nitrogens with zero attached hydrogens (tertiary/aromatic N) is 5. The van der Waals surface area contributed by atoms with Gasteiger partial charge in [-0.05, 0) is 26.0 Å². The highest BCUT2D eigenvalue weighted by Gasteiger charge is 2.22. The maximum Gasteiger partial charge on any atom is 0.322 e. The zero-order chi connectivity index (χ0) is 17.8. The predicted molar refractivity (Wildman–Crippen MR) is 95.1 cm³/mol. The number of pyridine rings is 1. The van der Waals surface area contributed by atoms with E-state index in [9.17, 15) is 4.79 Å². The van der Waals surface area contributed by atoms with Crippen molar-refractivity contribution in [2.45, 2.75) is 13.8 Å². The number of aromatic nitrogens is 3. The molecule has 3 heterocycles. The molecule has 0 atom stereocenters. The number of methoxy groups -OCH3 is 1. The molecule has 0 radical (unpaired) electrons. The van der Waals surface area contributed by atoms with Crippen LogP contribution in [-0.4, -0.2) is 59.2 Å². The number of piperazine rings is 1. The number of rotatable bonds is 3. The van der Waals surface area contributed by atoms with E-state index in [1.165, 1.54) is 6.33 Å². The van der Waals surface area contributed by atoms with E-state index in [4.69, 9.17) is 4.74 Å². The maximum atomic E-state index is 12.5. The molecule has 1 aliphatic heterocycles. The van der Waals surface area contributed by atoms with E-state index < -0.39 is 0 Å². The molecule has 1 aliphatic rings. The van der Waals surface area contributed by atoms with Crippen molar-refractivity contribution >= 4 is 17.5 Å². The molecular weight excluding hydrogens is 320 g/mol. The van der Waals surface area contributed by atoms with Crippen LogP contribution in [0.2, 0.25) is 0 Å². The highest BCUT2D eigenvalue weighted by atomic mass is 16.5. The molecule has 1 fully saturated rings. The summed E-state index contributed by atoms with van der Waals surface area (Å²) in [5.74, 6) is 1.35. The summed E-state index contributed by atoms with van der Waals surface area (Å²) in [6.45, 7) is 6.48. The molecule has 0 unspecified atom stereocenters. The molecular formula is C17H22N6O2. The van der Waals surface area contributed by atoms with Crippen molar-refractivity contribution in [3.63, 3.8) is 0 Å². The Bertz CT molecular complexity index is 759. The molecule has 1 saturated heterocycles. The molecule has 8 heteroatoms. The summed E-state index contributed by atoms with van der Waals surface area (Å²) < 4.78 is 5.13. The van der Waals surface area contributed by atoms with Gasteiger partial charge in [0.15, 0.2) is 0 Å². The number of anilines is 2. The van der Waals surface area contributed by atoms with Gasteiger partial charge in [0, 0.05) is 37.9 Å². The molecule has 132 valence electrons. The number of carbonyl (C=O) groups is 1. The number of aryl methyl sites for hydroxylation is 2. The van der Waals surface area contributed by atoms with Gasteiger partial charge in [0.05, 0.1) is 18.5 Å². The Morgan fingerprint density at radius 2 is 1.92 bits per heavy atom. The second-order valence-corrected chi connectivity index (χ2v) is 5.91. The predicted octanol–water partition coefficient (Wildman–Crippen LogP) is 1.85. The van der Waals surface area contributed by atoms with Gasteiger partial charge in [-0.2, -0.15) is 0 Å². The van der Waals surface area contributed by atoms with E-state index in [1.807, 2.05) is 26.0 Å². The molecule has 0 bridgehead atoms. The Morgan fingerprint density at radius 1 is 1.16 bits per heavy atom. The summed E-state index contributed by atoms with van der Waals surface area (Å²) in [5.41, 5.74) is 2.50. The van der Waals surface area contributed by atoms with Crippen molar-refractivity contribution < 1.29 is 9.53 Å². The summed E-state index contributed by atoms with van der Waals surface area (Å²) in [4.78, 5) is 29.1. The fraction of sp³-hybridized carbons (Fsp3) is 0.412. The summed E-state index contributed by atoms with van der Waals surface area (Å²) >= 11 is 0. The second-order valence-electron chi connectivity index (χ2n) is 5.91. The normalized spacial score (nSPS) is 14.4. The third kappa shape index (κ3) is 3.96. The average Bonchev–Trinajstić information content (AvgIpc) is 2.64. The molecule has 3 rings (SSSR count). The number of nitrogens with one attached hydrogen (secondary N) is 1. The van der Waals surface area contributed by atoms with Crippen molar-refractivity contribution in [2.75, 3.05) is 43.5 Å². The summed E-state index contributed by atoms with van der Waals surface area (Å²) in [5, 5.41) is 2.94. The zero-order valence-corrected chi connectivity index (χ0v) is 14.7. The first-order valence-electron chi connectivity index (χ1n) is 8.18. The summed E-state index contributed by atoms with van der Waals surface area (Å²) in [6, 6.07) is 5.48. The number of ether oxygens (including phenoxy) is 1. The topological polar surface area (TPSA) is 83.5 Å². The summed E-state index contributed by atoms with van der Waals surface area (Å²) in [6.07, 6.45) is 1.49. The molecule has 25 heavy (non-hydrogen) atoms. The first kappa shape index (κ1) is 16.9. The average molecular weight is 342 g/mol. The van der Waals surface area contributed by atoms with Crippen molar-refractivity contribution in [3.05, 3.63) is 35.9 Å². The Labute approximate surface area is 146 Å². The van der Waals surface area contributed by atoms with Gasteiger partial charge in [0.25, 0.3) is 0 Å². The first-order valence-corrected chi connectivity index (χ1v) is 8.18. The second kappa shape index (κ2) is 7.33. The lowest BCUT2D eigenvalue weighted by molar-refractivity contribution is 0.208. The van der Waals surface area contributed by atoms with Crippen LogP contribution < -0.4 is 15.0 Å². The summed E-state index contributed by atoms with van der Waals surface area (Å²) in [7, 11) is 1.58. The SMILES string of the molecule is COc1cc(N2CCN(C(=O)Nc3ccc(C)nc3C)CC2)ncn1. The van der Waals surface area contributed by atoms with Gasteiger partial charge < -0.3 is 19.9 Å².